The summed E-state index contributed by atoms with van der Waals surface area (Å²) in [5.74, 6) is -8.92. The van der Waals surface area contributed by atoms with Crippen LogP contribution in [0.15, 0.2) is 34.7 Å². The van der Waals surface area contributed by atoms with E-state index < -0.39 is 123 Å². The first-order chi connectivity index (χ1) is 28.5. The number of aliphatic hydroxyl groups excluding tert-OH is 1. The number of carbonyl (C=O) groups excluding carboxylic acids is 5. The van der Waals surface area contributed by atoms with Gasteiger partial charge in [0.25, 0.3) is 11.9 Å². The number of carbonyl (C=O) groups is 5. The summed E-state index contributed by atoms with van der Waals surface area (Å²) in [7, 11) is 3.78. The molecule has 3 saturated heterocycles. The zero-order chi connectivity index (χ0) is 44.8. The van der Waals surface area contributed by atoms with E-state index in [-0.39, 0.29) is 31.3 Å². The normalized spacial score (nSPS) is 47.6. The lowest BCUT2D eigenvalue weighted by atomic mass is 9.32. The van der Waals surface area contributed by atoms with Gasteiger partial charge < -0.3 is 61.6 Å². The Morgan fingerprint density at radius 2 is 1.61 bits per heavy atom. The van der Waals surface area contributed by atoms with Crippen molar-refractivity contribution in [2.24, 2.45) is 22.2 Å². The molecule has 1 aromatic heterocycles. The molecular formula is C43H56O18. The third kappa shape index (κ3) is 4.69. The number of rotatable bonds is 12. The first kappa shape index (κ1) is 43.7. The lowest BCUT2D eigenvalue weighted by molar-refractivity contribution is -0.467. The van der Waals surface area contributed by atoms with Crippen molar-refractivity contribution in [3.63, 3.8) is 0 Å². The SMILES string of the molecule is CC=C(C)C(=O)OC1C2(C)CC3(OC(C)=O)C14OC(CC)(OC)OC4C14OC5(C)OC1(CC(=O)OC)C(C)(C(OC(C)=O)c1ccoc1)CC(O)C4(O5)C3(C)C2CC(=O)OC. The summed E-state index contributed by atoms with van der Waals surface area (Å²) in [6.07, 6.45) is -3.28. The third-order valence-electron chi connectivity index (χ3n) is 15.9. The van der Waals surface area contributed by atoms with Crippen LogP contribution in [0.25, 0.3) is 0 Å². The van der Waals surface area contributed by atoms with E-state index in [0.717, 1.165) is 0 Å². The number of aliphatic hydroxyl groups is 1. The molecule has 61 heavy (non-hydrogen) atoms. The number of furan rings is 1. The molecule has 3 aliphatic heterocycles. The zero-order valence-corrected chi connectivity index (χ0v) is 36.6. The molecule has 0 aromatic carbocycles. The number of hydrogen-bond acceptors (Lipinski definition) is 18. The van der Waals surface area contributed by atoms with Gasteiger partial charge >= 0.3 is 29.8 Å². The van der Waals surface area contributed by atoms with E-state index >= 15 is 0 Å². The second-order valence-corrected chi connectivity index (χ2v) is 18.4. The molecule has 4 bridgehead atoms. The average molecular weight is 861 g/mol. The highest BCUT2D eigenvalue weighted by Gasteiger charge is 3.08. The van der Waals surface area contributed by atoms with Crippen LogP contribution in [-0.2, 0) is 76.1 Å². The van der Waals surface area contributed by atoms with Crippen molar-refractivity contribution in [2.45, 2.75) is 159 Å². The molecule has 7 aliphatic rings. The second-order valence-electron chi connectivity index (χ2n) is 18.4. The Balaban J connectivity index is 1.58. The van der Waals surface area contributed by atoms with Crippen LogP contribution in [0.2, 0.25) is 0 Å². The number of fused-ring (bicyclic) bond motifs is 2. The molecule has 4 heterocycles. The van der Waals surface area contributed by atoms with Crippen LogP contribution in [0.1, 0.15) is 106 Å². The Hall–Kier alpha value is -3.91. The highest BCUT2D eigenvalue weighted by atomic mass is 17.0. The average Bonchev–Trinajstić information content (AvgIpc) is 4.03. The van der Waals surface area contributed by atoms with Gasteiger partial charge in [-0.25, -0.2) is 4.79 Å². The van der Waals surface area contributed by atoms with Crippen molar-refractivity contribution >= 4 is 29.8 Å². The van der Waals surface area contributed by atoms with Crippen molar-refractivity contribution in [1.29, 1.82) is 0 Å². The van der Waals surface area contributed by atoms with Gasteiger partial charge in [0.1, 0.15) is 29.5 Å². The van der Waals surface area contributed by atoms with Crippen LogP contribution in [0, 0.1) is 22.2 Å². The number of methoxy groups -OCH3 is 3. The van der Waals surface area contributed by atoms with Crippen molar-refractivity contribution in [2.75, 3.05) is 21.3 Å². The van der Waals surface area contributed by atoms with Crippen molar-refractivity contribution in [3.8, 4) is 0 Å². The maximum Gasteiger partial charge on any atom is 0.333 e. The van der Waals surface area contributed by atoms with Gasteiger partial charge in [-0.1, -0.05) is 33.8 Å². The summed E-state index contributed by atoms with van der Waals surface area (Å²) in [5, 5.41) is 13.6. The minimum absolute atomic E-state index is 0.0115. The summed E-state index contributed by atoms with van der Waals surface area (Å²) in [5.41, 5.74) is -15.1. The van der Waals surface area contributed by atoms with Crippen LogP contribution in [-0.4, -0.2) is 115 Å². The number of hydrogen-bond donors (Lipinski definition) is 1. The molecule has 18 heteroatoms. The number of ether oxygens (including phenoxy) is 11. The second kappa shape index (κ2) is 13.3. The molecule has 336 valence electrons. The van der Waals surface area contributed by atoms with Gasteiger partial charge in [0, 0.05) is 74.5 Å². The van der Waals surface area contributed by atoms with Crippen LogP contribution in [0.3, 0.4) is 0 Å². The Morgan fingerprint density at radius 3 is 2.16 bits per heavy atom. The molecule has 18 nitrogen and oxygen atoms in total. The Labute approximate surface area is 353 Å². The molecule has 4 saturated carbocycles. The Kier molecular flexibility index (Phi) is 9.54. The molecule has 15 unspecified atom stereocenters. The van der Waals surface area contributed by atoms with Gasteiger partial charge in [-0.3, -0.25) is 19.2 Å². The van der Waals surface area contributed by atoms with E-state index in [2.05, 4.69) is 0 Å². The lowest BCUT2D eigenvalue weighted by Crippen LogP contribution is -2.98. The fourth-order valence-electron chi connectivity index (χ4n) is 14.0. The van der Waals surface area contributed by atoms with Crippen molar-refractivity contribution < 1.29 is 85.6 Å². The molecule has 0 radical (unpaired) electrons. The van der Waals surface area contributed by atoms with Gasteiger partial charge in [0.05, 0.1) is 39.3 Å². The van der Waals surface area contributed by atoms with Gasteiger partial charge in [-0.15, -0.1) is 0 Å². The minimum Gasteiger partial charge on any atom is -0.472 e. The molecular weight excluding hydrogens is 804 g/mol. The molecule has 7 fully saturated rings. The van der Waals surface area contributed by atoms with E-state index in [9.17, 15) is 29.1 Å². The van der Waals surface area contributed by atoms with Gasteiger partial charge in [0.15, 0.2) is 16.8 Å². The van der Waals surface area contributed by atoms with Gasteiger partial charge in [-0.2, -0.15) is 0 Å². The van der Waals surface area contributed by atoms with Gasteiger partial charge in [-0.05, 0) is 32.3 Å². The summed E-state index contributed by atoms with van der Waals surface area (Å²) in [6.45, 7) is 14.1. The monoisotopic (exact) mass is 860 g/mol. The van der Waals surface area contributed by atoms with Crippen molar-refractivity contribution in [1.82, 2.24) is 0 Å². The molecule has 1 aromatic rings. The third-order valence-corrected chi connectivity index (χ3v) is 15.9. The molecule has 4 aliphatic carbocycles. The van der Waals surface area contributed by atoms with E-state index in [1.807, 2.05) is 0 Å². The summed E-state index contributed by atoms with van der Waals surface area (Å²) >= 11 is 0. The van der Waals surface area contributed by atoms with Crippen LogP contribution < -0.4 is 0 Å². The predicted octanol–water partition coefficient (Wildman–Crippen LogP) is 3.85. The fourth-order valence-corrected chi connectivity index (χ4v) is 14.0. The summed E-state index contributed by atoms with van der Waals surface area (Å²) in [4.78, 5) is 69.5. The topological polar surface area (TPSA) is 220 Å². The Morgan fingerprint density at radius 1 is 0.934 bits per heavy atom. The van der Waals surface area contributed by atoms with Crippen LogP contribution in [0.5, 0.6) is 0 Å². The maximum absolute atomic E-state index is 14.3. The van der Waals surface area contributed by atoms with E-state index in [0.29, 0.717) is 5.56 Å². The highest BCUT2D eigenvalue weighted by molar-refractivity contribution is 5.88. The van der Waals surface area contributed by atoms with E-state index in [4.69, 9.17) is 56.5 Å². The molecule has 8 rings (SSSR count). The lowest BCUT2D eigenvalue weighted by Gasteiger charge is -2.78. The first-order valence-corrected chi connectivity index (χ1v) is 20.6. The maximum atomic E-state index is 14.3. The predicted molar refractivity (Wildman–Crippen MR) is 202 cm³/mol. The first-order valence-electron chi connectivity index (χ1n) is 20.6. The number of allylic oxidation sites excluding steroid dienone is 1. The van der Waals surface area contributed by atoms with E-state index in [1.165, 1.54) is 54.6 Å². The van der Waals surface area contributed by atoms with E-state index in [1.54, 1.807) is 53.7 Å². The quantitative estimate of drug-likeness (QED) is 0.179. The standard InChI is InChI=1S/C43H56O18/c1-13-22(3)31(49)55-32-34(6)21-39(56-24(5)45)36(8,26(34)17-28(47)50-10)42-27(46)18-35(7,30(54-23(4)44)25-15-16-53-20-25)38(19-29(48)51-11)43(42,60-37(9,58-38)59-42)33-41(32,39)61-40(14-2,52-12)57-33/h13,15-16,20,26-27,30,32-33,46H,14,17-19,21H2,1-12H3. The largest absolute Gasteiger partial charge is 0.472 e. The smallest absolute Gasteiger partial charge is 0.333 e. The fraction of sp³-hybridized carbons (Fsp3) is 0.744. The van der Waals surface area contributed by atoms with Crippen LogP contribution >= 0.6 is 0 Å². The summed E-state index contributed by atoms with van der Waals surface area (Å²) in [6, 6.07) is 1.58. The van der Waals surface area contributed by atoms with Crippen molar-refractivity contribution in [3.05, 3.63) is 35.8 Å². The minimum atomic E-state index is -2.31. The Bertz CT molecular complexity index is 2080. The van der Waals surface area contributed by atoms with Crippen LogP contribution in [0.4, 0.5) is 0 Å². The highest BCUT2D eigenvalue weighted by Crippen LogP contribution is 2.91. The van der Waals surface area contributed by atoms with Gasteiger partial charge in [0.2, 0.25) is 0 Å². The zero-order valence-electron chi connectivity index (χ0n) is 36.6. The molecule has 0 amide bonds. The summed E-state index contributed by atoms with van der Waals surface area (Å²) < 4.78 is 78.1. The molecule has 2 spiro atoms. The molecule has 1 N–H and O–H groups in total. The number of esters is 5. The molecule has 15 atom stereocenters.